The van der Waals surface area contributed by atoms with Gasteiger partial charge < -0.3 is 4.74 Å². The first-order valence-electron chi connectivity index (χ1n) is 7.98. The summed E-state index contributed by atoms with van der Waals surface area (Å²) in [4.78, 5) is 0. The highest BCUT2D eigenvalue weighted by molar-refractivity contribution is 7.89. The average Bonchev–Trinajstić information content (AvgIpc) is 2.42. The number of nitrogens with two attached hydrogens (primary N) is 1. The van der Waals surface area contributed by atoms with Crippen LogP contribution in [-0.2, 0) is 14.8 Å². The molecule has 0 aromatic carbocycles. The van der Waals surface area contributed by atoms with Crippen LogP contribution in [-0.4, -0.2) is 26.9 Å². The van der Waals surface area contributed by atoms with E-state index in [0.717, 1.165) is 25.7 Å². The fourth-order valence-corrected chi connectivity index (χ4v) is 4.62. The topological polar surface area (TPSA) is 69.4 Å². The molecule has 0 spiro atoms. The normalized spacial score (nSPS) is 24.8. The monoisotopic (exact) mass is 305 g/mol. The lowest BCUT2D eigenvalue weighted by atomic mass is 9.83. The largest absolute Gasteiger partial charge is 0.377 e. The van der Waals surface area contributed by atoms with E-state index in [0.29, 0.717) is 18.6 Å². The van der Waals surface area contributed by atoms with E-state index in [1.54, 1.807) is 0 Å². The molecule has 20 heavy (non-hydrogen) atoms. The van der Waals surface area contributed by atoms with E-state index in [4.69, 9.17) is 9.88 Å². The van der Waals surface area contributed by atoms with Gasteiger partial charge in [-0.3, -0.25) is 0 Å². The summed E-state index contributed by atoms with van der Waals surface area (Å²) in [5.41, 5.74) is -0.330. The number of hydrogen-bond acceptors (Lipinski definition) is 3. The smallest absolute Gasteiger partial charge is 0.209 e. The molecule has 1 fully saturated rings. The summed E-state index contributed by atoms with van der Waals surface area (Å²) >= 11 is 0. The molecule has 0 radical (unpaired) electrons. The zero-order valence-electron chi connectivity index (χ0n) is 13.2. The SMILES string of the molecule is CCC1CCCCC1OCC(CC)(CC)CS(N)(=O)=O. The lowest BCUT2D eigenvalue weighted by Crippen LogP contribution is -2.39. The molecule has 0 aromatic rings. The van der Waals surface area contributed by atoms with Crippen molar-refractivity contribution >= 4 is 10.0 Å². The highest BCUT2D eigenvalue weighted by Gasteiger charge is 2.34. The van der Waals surface area contributed by atoms with Crippen molar-refractivity contribution in [2.45, 2.75) is 71.8 Å². The average molecular weight is 305 g/mol. The molecule has 1 aliphatic rings. The van der Waals surface area contributed by atoms with Gasteiger partial charge in [0.25, 0.3) is 0 Å². The van der Waals surface area contributed by atoms with E-state index in [-0.39, 0.29) is 11.2 Å². The third kappa shape index (κ3) is 5.34. The highest BCUT2D eigenvalue weighted by Crippen LogP contribution is 2.33. The van der Waals surface area contributed by atoms with Crippen molar-refractivity contribution in [3.63, 3.8) is 0 Å². The first-order chi connectivity index (χ1) is 9.36. The Morgan fingerprint density at radius 1 is 1.15 bits per heavy atom. The van der Waals surface area contributed by atoms with Gasteiger partial charge in [0.1, 0.15) is 0 Å². The molecule has 5 heteroatoms. The van der Waals surface area contributed by atoms with Gasteiger partial charge in [0.05, 0.1) is 18.5 Å². The highest BCUT2D eigenvalue weighted by atomic mass is 32.2. The van der Waals surface area contributed by atoms with Crippen molar-refractivity contribution in [2.24, 2.45) is 16.5 Å². The summed E-state index contributed by atoms with van der Waals surface area (Å²) in [6.07, 6.45) is 7.87. The van der Waals surface area contributed by atoms with Crippen LogP contribution in [0, 0.1) is 11.3 Å². The molecule has 0 bridgehead atoms. The number of hydrogen-bond donors (Lipinski definition) is 1. The molecule has 0 saturated heterocycles. The third-order valence-electron chi connectivity index (χ3n) is 4.97. The van der Waals surface area contributed by atoms with Crippen molar-refractivity contribution in [3.05, 3.63) is 0 Å². The minimum absolute atomic E-state index is 0.0243. The minimum atomic E-state index is -3.46. The molecule has 2 atom stereocenters. The predicted molar refractivity (Wildman–Crippen MR) is 83.0 cm³/mol. The molecule has 120 valence electrons. The number of primary sulfonamides is 1. The summed E-state index contributed by atoms with van der Waals surface area (Å²) in [5.74, 6) is 0.654. The zero-order chi connectivity index (χ0) is 15.2. The van der Waals surface area contributed by atoms with Crippen LogP contribution in [0.4, 0.5) is 0 Å². The Morgan fingerprint density at radius 3 is 2.25 bits per heavy atom. The van der Waals surface area contributed by atoms with Crippen molar-refractivity contribution in [1.29, 1.82) is 0 Å². The lowest BCUT2D eigenvalue weighted by molar-refractivity contribution is -0.0508. The molecular weight excluding hydrogens is 274 g/mol. The molecule has 1 rings (SSSR count). The first kappa shape index (κ1) is 17.9. The summed E-state index contributed by atoms with van der Waals surface area (Å²) in [5, 5.41) is 5.25. The van der Waals surface area contributed by atoms with Crippen LogP contribution >= 0.6 is 0 Å². The van der Waals surface area contributed by atoms with E-state index in [1.165, 1.54) is 19.3 Å². The van der Waals surface area contributed by atoms with Gasteiger partial charge in [-0.1, -0.05) is 40.0 Å². The Balaban J connectivity index is 2.66. The molecule has 0 amide bonds. The molecule has 1 aliphatic carbocycles. The number of ether oxygens (including phenoxy) is 1. The first-order valence-corrected chi connectivity index (χ1v) is 9.69. The van der Waals surface area contributed by atoms with Crippen LogP contribution in [0.15, 0.2) is 0 Å². The number of sulfonamides is 1. The maximum atomic E-state index is 11.5. The molecule has 0 aliphatic heterocycles. The van der Waals surface area contributed by atoms with E-state index in [2.05, 4.69) is 6.92 Å². The molecule has 1 saturated carbocycles. The summed E-state index contributed by atoms with van der Waals surface area (Å²) < 4.78 is 29.1. The Bertz CT molecular complexity index is 377. The zero-order valence-corrected chi connectivity index (χ0v) is 14.0. The van der Waals surface area contributed by atoms with Crippen LogP contribution in [0.2, 0.25) is 0 Å². The lowest BCUT2D eigenvalue weighted by Gasteiger charge is -2.36. The molecule has 2 unspecified atom stereocenters. The standard InChI is InChI=1S/C15H31NO3S/c1-4-13-9-7-8-10-14(13)19-11-15(5-2,6-3)12-20(16,17)18/h13-14H,4-12H2,1-3H3,(H2,16,17,18). The van der Waals surface area contributed by atoms with Crippen LogP contribution < -0.4 is 5.14 Å². The van der Waals surface area contributed by atoms with E-state index < -0.39 is 10.0 Å². The van der Waals surface area contributed by atoms with E-state index in [9.17, 15) is 8.42 Å². The number of rotatable bonds is 8. The van der Waals surface area contributed by atoms with Crippen molar-refractivity contribution < 1.29 is 13.2 Å². The maximum Gasteiger partial charge on any atom is 0.209 e. The van der Waals surface area contributed by atoms with Crippen LogP contribution in [0.5, 0.6) is 0 Å². The Morgan fingerprint density at radius 2 is 1.75 bits per heavy atom. The van der Waals surface area contributed by atoms with Crippen LogP contribution in [0.3, 0.4) is 0 Å². The van der Waals surface area contributed by atoms with Gasteiger partial charge in [-0.05, 0) is 31.6 Å². The molecule has 0 aromatic heterocycles. The van der Waals surface area contributed by atoms with Crippen molar-refractivity contribution in [2.75, 3.05) is 12.4 Å². The van der Waals surface area contributed by atoms with Crippen molar-refractivity contribution in [1.82, 2.24) is 0 Å². The molecule has 4 nitrogen and oxygen atoms in total. The van der Waals surface area contributed by atoms with Crippen LogP contribution in [0.1, 0.15) is 65.7 Å². The van der Waals surface area contributed by atoms with Gasteiger partial charge in [-0.15, -0.1) is 0 Å². The third-order valence-corrected chi connectivity index (χ3v) is 5.99. The van der Waals surface area contributed by atoms with Gasteiger partial charge in [-0.25, -0.2) is 13.6 Å². The summed E-state index contributed by atoms with van der Waals surface area (Å²) in [6, 6.07) is 0. The van der Waals surface area contributed by atoms with Crippen LogP contribution in [0.25, 0.3) is 0 Å². The molecule has 2 N–H and O–H groups in total. The van der Waals surface area contributed by atoms with E-state index in [1.807, 2.05) is 13.8 Å². The molecule has 0 heterocycles. The minimum Gasteiger partial charge on any atom is -0.377 e. The second kappa shape index (κ2) is 7.76. The van der Waals surface area contributed by atoms with Gasteiger partial charge >= 0.3 is 0 Å². The fraction of sp³-hybridized carbons (Fsp3) is 1.00. The Hall–Kier alpha value is -0.130. The fourth-order valence-electron chi connectivity index (χ4n) is 3.27. The van der Waals surface area contributed by atoms with E-state index >= 15 is 0 Å². The Labute approximate surface area is 124 Å². The maximum absolute atomic E-state index is 11.5. The summed E-state index contributed by atoms with van der Waals surface area (Å²) in [7, 11) is -3.46. The summed E-state index contributed by atoms with van der Waals surface area (Å²) in [6.45, 7) is 6.77. The van der Waals surface area contributed by atoms with Gasteiger partial charge in [0, 0.05) is 5.41 Å². The predicted octanol–water partition coefficient (Wildman–Crippen LogP) is 3.07. The van der Waals surface area contributed by atoms with Gasteiger partial charge in [0.15, 0.2) is 0 Å². The quantitative estimate of drug-likeness (QED) is 0.749. The van der Waals surface area contributed by atoms with Crippen molar-refractivity contribution in [3.8, 4) is 0 Å². The Kier molecular flexibility index (Phi) is 6.95. The van der Waals surface area contributed by atoms with Gasteiger partial charge in [-0.2, -0.15) is 0 Å². The molecular formula is C15H31NO3S. The second-order valence-corrected chi connectivity index (χ2v) is 7.93. The second-order valence-electron chi connectivity index (χ2n) is 6.32. The van der Waals surface area contributed by atoms with Gasteiger partial charge in [0.2, 0.25) is 10.0 Å².